The summed E-state index contributed by atoms with van der Waals surface area (Å²) in [4.78, 5) is 2.33. The number of benzene rings is 1. The van der Waals surface area contributed by atoms with Crippen LogP contribution in [0.1, 0.15) is 18.5 Å². The van der Waals surface area contributed by atoms with Gasteiger partial charge in [0.25, 0.3) is 0 Å². The number of rotatable bonds is 4. The first-order valence-electron chi connectivity index (χ1n) is 6.16. The third-order valence-corrected chi connectivity index (χ3v) is 3.26. The van der Waals surface area contributed by atoms with E-state index in [1.807, 2.05) is 6.07 Å². The monoisotopic (exact) mass is 256 g/mol. The first kappa shape index (κ1) is 13.2. The van der Waals surface area contributed by atoms with Crippen molar-refractivity contribution in [3.8, 4) is 5.75 Å². The highest BCUT2D eigenvalue weighted by molar-refractivity contribution is 5.30. The van der Waals surface area contributed by atoms with Crippen molar-refractivity contribution in [3.63, 3.8) is 0 Å². The third-order valence-electron chi connectivity index (χ3n) is 3.26. The topological polar surface area (TPSA) is 24.5 Å². The van der Waals surface area contributed by atoms with E-state index in [1.54, 1.807) is 18.2 Å². The van der Waals surface area contributed by atoms with Crippen molar-refractivity contribution in [2.24, 2.45) is 0 Å². The summed E-state index contributed by atoms with van der Waals surface area (Å²) in [6, 6.07) is 7.17. The Kier molecular flexibility index (Phi) is 4.49. The molecular formula is C13H18F2N2O. The molecule has 5 heteroatoms. The lowest BCUT2D eigenvalue weighted by Gasteiger charge is -2.33. The Morgan fingerprint density at radius 3 is 2.67 bits per heavy atom. The lowest BCUT2D eigenvalue weighted by molar-refractivity contribution is -0.0499. The maximum atomic E-state index is 12.2. The van der Waals surface area contributed by atoms with E-state index in [2.05, 4.69) is 21.9 Å². The van der Waals surface area contributed by atoms with Gasteiger partial charge in [-0.15, -0.1) is 0 Å². The van der Waals surface area contributed by atoms with Crippen molar-refractivity contribution in [2.75, 3.05) is 26.2 Å². The van der Waals surface area contributed by atoms with Gasteiger partial charge in [-0.3, -0.25) is 4.90 Å². The molecule has 1 aliphatic heterocycles. The van der Waals surface area contributed by atoms with Gasteiger partial charge in [-0.2, -0.15) is 8.78 Å². The van der Waals surface area contributed by atoms with E-state index in [4.69, 9.17) is 0 Å². The van der Waals surface area contributed by atoms with Gasteiger partial charge < -0.3 is 10.1 Å². The molecule has 0 bridgehead atoms. The van der Waals surface area contributed by atoms with Crippen molar-refractivity contribution >= 4 is 0 Å². The van der Waals surface area contributed by atoms with Gasteiger partial charge in [0.1, 0.15) is 5.75 Å². The summed E-state index contributed by atoms with van der Waals surface area (Å²) in [5.41, 5.74) is 1.01. The molecule has 1 saturated heterocycles. The van der Waals surface area contributed by atoms with Gasteiger partial charge >= 0.3 is 6.61 Å². The molecule has 0 aliphatic carbocycles. The fourth-order valence-electron chi connectivity index (χ4n) is 2.23. The Hall–Kier alpha value is -1.20. The number of hydrogen-bond donors (Lipinski definition) is 1. The maximum Gasteiger partial charge on any atom is 0.387 e. The van der Waals surface area contributed by atoms with Crippen molar-refractivity contribution < 1.29 is 13.5 Å². The highest BCUT2D eigenvalue weighted by atomic mass is 19.3. The summed E-state index contributed by atoms with van der Waals surface area (Å²) >= 11 is 0. The van der Waals surface area contributed by atoms with Crippen LogP contribution in [0.15, 0.2) is 24.3 Å². The average Bonchev–Trinajstić information content (AvgIpc) is 2.38. The normalized spacial score (nSPS) is 18.9. The fraction of sp³-hybridized carbons (Fsp3) is 0.538. The van der Waals surface area contributed by atoms with E-state index in [1.165, 1.54) is 0 Å². The Morgan fingerprint density at radius 1 is 1.28 bits per heavy atom. The predicted octanol–water partition coefficient (Wildman–Crippen LogP) is 2.25. The van der Waals surface area contributed by atoms with Crippen LogP contribution in [0.2, 0.25) is 0 Å². The minimum Gasteiger partial charge on any atom is -0.435 e. The van der Waals surface area contributed by atoms with E-state index in [-0.39, 0.29) is 11.8 Å². The molecule has 18 heavy (non-hydrogen) atoms. The van der Waals surface area contributed by atoms with Gasteiger partial charge in [0, 0.05) is 32.2 Å². The molecule has 1 aromatic rings. The maximum absolute atomic E-state index is 12.2. The standard InChI is InChI=1S/C13H18F2N2O/c1-10(17-7-5-16-6-8-17)11-3-2-4-12(9-11)18-13(14)15/h2-4,9-10,13,16H,5-8H2,1H3. The Morgan fingerprint density at radius 2 is 2.00 bits per heavy atom. The van der Waals surface area contributed by atoms with Crippen LogP contribution in [-0.4, -0.2) is 37.7 Å². The predicted molar refractivity (Wildman–Crippen MR) is 65.9 cm³/mol. The zero-order valence-electron chi connectivity index (χ0n) is 10.4. The Labute approximate surface area is 106 Å². The molecule has 1 fully saturated rings. The molecule has 1 atom stereocenters. The van der Waals surface area contributed by atoms with E-state index in [0.29, 0.717) is 0 Å². The number of halogens is 2. The highest BCUT2D eigenvalue weighted by Gasteiger charge is 2.18. The quantitative estimate of drug-likeness (QED) is 0.894. The van der Waals surface area contributed by atoms with Gasteiger partial charge in [-0.1, -0.05) is 12.1 Å². The molecule has 0 amide bonds. The summed E-state index contributed by atoms with van der Waals surface area (Å²) in [5, 5.41) is 3.29. The van der Waals surface area contributed by atoms with Crippen molar-refractivity contribution in [3.05, 3.63) is 29.8 Å². The van der Waals surface area contributed by atoms with Crippen molar-refractivity contribution in [1.82, 2.24) is 10.2 Å². The highest BCUT2D eigenvalue weighted by Crippen LogP contribution is 2.24. The van der Waals surface area contributed by atoms with E-state index >= 15 is 0 Å². The van der Waals surface area contributed by atoms with Gasteiger partial charge in [-0.05, 0) is 24.6 Å². The molecule has 1 N–H and O–H groups in total. The van der Waals surface area contributed by atoms with Crippen molar-refractivity contribution in [1.29, 1.82) is 0 Å². The summed E-state index contributed by atoms with van der Waals surface area (Å²) in [5.74, 6) is 0.226. The first-order valence-corrected chi connectivity index (χ1v) is 6.16. The number of hydrogen-bond acceptors (Lipinski definition) is 3. The summed E-state index contributed by atoms with van der Waals surface area (Å²) in [6.07, 6.45) is 0. The van der Waals surface area contributed by atoms with Crippen LogP contribution in [0.5, 0.6) is 5.75 Å². The second-order valence-electron chi connectivity index (χ2n) is 4.41. The largest absolute Gasteiger partial charge is 0.435 e. The second kappa shape index (κ2) is 6.11. The van der Waals surface area contributed by atoms with Gasteiger partial charge in [-0.25, -0.2) is 0 Å². The van der Waals surface area contributed by atoms with Gasteiger partial charge in [0.05, 0.1) is 0 Å². The number of nitrogens with one attached hydrogen (secondary N) is 1. The molecule has 0 spiro atoms. The van der Waals surface area contributed by atoms with Crippen LogP contribution in [0.4, 0.5) is 8.78 Å². The average molecular weight is 256 g/mol. The molecule has 100 valence electrons. The Bertz CT molecular complexity index is 381. The van der Waals surface area contributed by atoms with Gasteiger partial charge in [0.15, 0.2) is 0 Å². The van der Waals surface area contributed by atoms with E-state index in [0.717, 1.165) is 31.7 Å². The zero-order valence-corrected chi connectivity index (χ0v) is 10.4. The Balaban J connectivity index is 2.06. The number of alkyl halides is 2. The first-order chi connectivity index (χ1) is 8.66. The summed E-state index contributed by atoms with van der Waals surface area (Å²) in [6.45, 7) is 3.21. The van der Waals surface area contributed by atoms with E-state index in [9.17, 15) is 8.78 Å². The minimum absolute atomic E-state index is 0.216. The van der Waals surface area contributed by atoms with Crippen LogP contribution < -0.4 is 10.1 Å². The third kappa shape index (κ3) is 3.40. The molecule has 0 radical (unpaired) electrons. The fourth-order valence-corrected chi connectivity index (χ4v) is 2.23. The smallest absolute Gasteiger partial charge is 0.387 e. The van der Waals surface area contributed by atoms with Crippen LogP contribution in [-0.2, 0) is 0 Å². The molecule has 2 rings (SSSR count). The SMILES string of the molecule is CC(c1cccc(OC(F)F)c1)N1CCNCC1. The minimum atomic E-state index is -2.77. The molecule has 1 aliphatic rings. The van der Waals surface area contributed by atoms with Crippen LogP contribution in [0.3, 0.4) is 0 Å². The second-order valence-corrected chi connectivity index (χ2v) is 4.41. The van der Waals surface area contributed by atoms with Crippen LogP contribution >= 0.6 is 0 Å². The molecule has 3 nitrogen and oxygen atoms in total. The molecule has 0 saturated carbocycles. The molecule has 0 aromatic heterocycles. The summed E-state index contributed by atoms with van der Waals surface area (Å²) in [7, 11) is 0. The number of nitrogens with zero attached hydrogens (tertiary/aromatic N) is 1. The van der Waals surface area contributed by atoms with Gasteiger partial charge in [0.2, 0.25) is 0 Å². The zero-order chi connectivity index (χ0) is 13.0. The van der Waals surface area contributed by atoms with Crippen LogP contribution in [0, 0.1) is 0 Å². The van der Waals surface area contributed by atoms with E-state index < -0.39 is 6.61 Å². The molecule has 1 heterocycles. The lowest BCUT2D eigenvalue weighted by atomic mass is 10.1. The summed E-state index contributed by atoms with van der Waals surface area (Å²) < 4.78 is 28.8. The molecular weight excluding hydrogens is 238 g/mol. The lowest BCUT2D eigenvalue weighted by Crippen LogP contribution is -2.44. The number of piperazine rings is 1. The van der Waals surface area contributed by atoms with Crippen LogP contribution in [0.25, 0.3) is 0 Å². The number of ether oxygens (including phenoxy) is 1. The molecule has 1 aromatic carbocycles. The molecule has 1 unspecified atom stereocenters. The van der Waals surface area contributed by atoms with Crippen molar-refractivity contribution in [2.45, 2.75) is 19.6 Å².